The predicted octanol–water partition coefficient (Wildman–Crippen LogP) is 5.74. The van der Waals surface area contributed by atoms with Gasteiger partial charge in [0.2, 0.25) is 5.91 Å². The number of halogens is 3. The molecule has 8 nitrogen and oxygen atoms in total. The van der Waals surface area contributed by atoms with Crippen LogP contribution in [0.1, 0.15) is 58.1 Å². The van der Waals surface area contributed by atoms with Crippen LogP contribution in [0.4, 0.5) is 18.0 Å². The number of nitrogens with one attached hydrogen (secondary N) is 1. The van der Waals surface area contributed by atoms with Crippen LogP contribution in [0.3, 0.4) is 0 Å². The Labute approximate surface area is 261 Å². The summed E-state index contributed by atoms with van der Waals surface area (Å²) in [4.78, 5) is 27.5. The molecule has 0 aromatic heterocycles. The molecule has 1 rings (SSSR count). The molecule has 44 heavy (non-hydrogen) atoms. The fraction of sp³-hybridized carbons (Fsp3) is 0.500. The summed E-state index contributed by atoms with van der Waals surface area (Å²) in [5.74, 6) is -2.38. The Bertz CT molecular complexity index is 1180. The average Bonchev–Trinajstić information content (AvgIpc) is 2.99. The van der Waals surface area contributed by atoms with Gasteiger partial charge in [-0.3, -0.25) is 4.79 Å². The van der Waals surface area contributed by atoms with Crippen LogP contribution in [0.2, 0.25) is 0 Å². The van der Waals surface area contributed by atoms with Crippen molar-refractivity contribution >= 4 is 21.8 Å². The number of terminal acetylenes is 1. The van der Waals surface area contributed by atoms with E-state index in [2.05, 4.69) is 24.7 Å². The van der Waals surface area contributed by atoms with E-state index in [1.54, 1.807) is 24.3 Å². The number of nitrogens with two attached hydrogens (primary N) is 1. The number of amides is 2. The number of sulfone groups is 1. The van der Waals surface area contributed by atoms with Gasteiger partial charge in [-0.1, -0.05) is 75.9 Å². The molecule has 0 aliphatic rings. The number of aryl methyl sites for hydroxylation is 1. The first-order valence-corrected chi connectivity index (χ1v) is 16.2. The van der Waals surface area contributed by atoms with Gasteiger partial charge in [0, 0.05) is 19.5 Å². The van der Waals surface area contributed by atoms with Crippen molar-refractivity contribution in [3.05, 3.63) is 71.8 Å². The smallest absolute Gasteiger partial charge is 0.408 e. The highest BCUT2D eigenvalue weighted by Crippen LogP contribution is 2.22. The number of allylic oxidation sites excluding steroid dienone is 3. The second-order valence-electron chi connectivity index (χ2n) is 9.22. The highest BCUT2D eigenvalue weighted by molar-refractivity contribution is 7.91. The van der Waals surface area contributed by atoms with E-state index in [1.807, 2.05) is 52.0 Å². The molecule has 1 atom stereocenters. The van der Waals surface area contributed by atoms with E-state index in [0.29, 0.717) is 12.0 Å². The zero-order valence-electron chi connectivity index (χ0n) is 26.2. The van der Waals surface area contributed by atoms with Crippen molar-refractivity contribution in [2.75, 3.05) is 31.2 Å². The number of benzene rings is 1. The summed E-state index contributed by atoms with van der Waals surface area (Å²) < 4.78 is 68.3. The largest absolute Gasteiger partial charge is 0.445 e. The minimum absolute atomic E-state index is 0.126. The maximum Gasteiger partial charge on any atom is 0.408 e. The van der Waals surface area contributed by atoms with Crippen LogP contribution in [0.15, 0.2) is 60.7 Å². The van der Waals surface area contributed by atoms with Crippen molar-refractivity contribution in [1.29, 1.82) is 0 Å². The van der Waals surface area contributed by atoms with E-state index < -0.39 is 58.4 Å². The second kappa shape index (κ2) is 23.8. The molecule has 248 valence electrons. The number of ether oxygens (including phenoxy) is 1. The SMILES string of the molecule is C#C.C=C(/C=C\C=C/C)COC(=O)N[C@H](CS(=O)(=O)CCCC(F)(F)F)C(=O)N(CCCN)Cc1cccc(CC)c1.CC. The Balaban J connectivity index is 0. The summed E-state index contributed by atoms with van der Waals surface area (Å²) in [6, 6.07) is 5.93. The maximum atomic E-state index is 13.6. The van der Waals surface area contributed by atoms with Crippen LogP contribution in [0, 0.1) is 12.8 Å². The molecule has 0 spiro atoms. The molecular formula is C32H48F3N3O5S. The lowest BCUT2D eigenvalue weighted by Gasteiger charge is -2.28. The summed E-state index contributed by atoms with van der Waals surface area (Å²) in [7, 11) is -4.16. The van der Waals surface area contributed by atoms with Crippen LogP contribution in [-0.2, 0) is 32.3 Å². The van der Waals surface area contributed by atoms with Gasteiger partial charge in [-0.2, -0.15) is 13.2 Å². The predicted molar refractivity (Wildman–Crippen MR) is 171 cm³/mol. The first-order valence-electron chi connectivity index (χ1n) is 14.4. The van der Waals surface area contributed by atoms with Gasteiger partial charge in [-0.25, -0.2) is 13.2 Å². The maximum absolute atomic E-state index is 13.6. The van der Waals surface area contributed by atoms with E-state index in [9.17, 15) is 31.2 Å². The fourth-order valence-electron chi connectivity index (χ4n) is 3.64. The highest BCUT2D eigenvalue weighted by Gasteiger charge is 2.33. The minimum Gasteiger partial charge on any atom is -0.445 e. The molecule has 3 N–H and O–H groups in total. The van der Waals surface area contributed by atoms with Crippen LogP contribution in [0.25, 0.3) is 0 Å². The third-order valence-electron chi connectivity index (χ3n) is 5.67. The van der Waals surface area contributed by atoms with Gasteiger partial charge in [-0.05, 0) is 49.4 Å². The van der Waals surface area contributed by atoms with Gasteiger partial charge in [0.05, 0.1) is 11.5 Å². The second-order valence-corrected chi connectivity index (χ2v) is 11.5. The molecule has 12 heteroatoms. The molecule has 0 aliphatic heterocycles. The van der Waals surface area contributed by atoms with Crippen LogP contribution in [-0.4, -0.2) is 68.7 Å². The normalized spacial score (nSPS) is 12.0. The standard InChI is InChI=1S/C28H40F3N3O5S.C2H6.C2H2/c1-4-6-7-11-22(3)20-39-27(36)33-25(21-40(37,38)17-9-14-28(29,30)31)26(35)34(16-10-15-32)19-24-13-8-12-23(5-2)18-24;2*1-2/h4,6-8,11-13,18,25H,3,5,9-10,14-17,19-21,32H2,1-2H3,(H,33,36);1-2H3;1-2H/b6-4-,11-7-;;/t25-;;/m1../s1. The number of rotatable bonds is 17. The Kier molecular flexibility index (Phi) is 23.1. The molecule has 0 bridgehead atoms. The van der Waals surface area contributed by atoms with Crippen molar-refractivity contribution in [3.8, 4) is 12.8 Å². The monoisotopic (exact) mass is 643 g/mol. The molecule has 0 saturated carbocycles. The van der Waals surface area contributed by atoms with Crippen molar-refractivity contribution in [2.24, 2.45) is 5.73 Å². The molecular weight excluding hydrogens is 595 g/mol. The number of carbonyl (C=O) groups excluding carboxylic acids is 2. The van der Waals surface area contributed by atoms with E-state index in [0.717, 1.165) is 17.5 Å². The fourth-order valence-corrected chi connectivity index (χ4v) is 5.12. The van der Waals surface area contributed by atoms with E-state index in [-0.39, 0.29) is 26.2 Å². The Morgan fingerprint density at radius 1 is 1.16 bits per heavy atom. The topological polar surface area (TPSA) is 119 Å². The summed E-state index contributed by atoms with van der Waals surface area (Å²) in [6.45, 7) is 11.9. The zero-order chi connectivity index (χ0) is 34.2. The average molecular weight is 644 g/mol. The molecule has 0 fully saturated rings. The third-order valence-corrected chi connectivity index (χ3v) is 7.42. The summed E-state index contributed by atoms with van der Waals surface area (Å²) >= 11 is 0. The van der Waals surface area contributed by atoms with Crippen molar-refractivity contribution in [3.63, 3.8) is 0 Å². The molecule has 0 heterocycles. The van der Waals surface area contributed by atoms with Gasteiger partial charge in [-0.15, -0.1) is 12.8 Å². The van der Waals surface area contributed by atoms with E-state index in [1.165, 1.54) is 4.90 Å². The number of hydrogen-bond donors (Lipinski definition) is 2. The molecule has 1 aromatic rings. The molecule has 0 aliphatic carbocycles. The zero-order valence-corrected chi connectivity index (χ0v) is 27.1. The van der Waals surface area contributed by atoms with Crippen molar-refractivity contribution in [1.82, 2.24) is 10.2 Å². The van der Waals surface area contributed by atoms with Crippen molar-refractivity contribution < 1.29 is 35.9 Å². The van der Waals surface area contributed by atoms with Crippen LogP contribution >= 0.6 is 0 Å². The van der Waals surface area contributed by atoms with E-state index in [4.69, 9.17) is 10.5 Å². The van der Waals surface area contributed by atoms with Crippen molar-refractivity contribution in [2.45, 2.75) is 72.1 Å². The lowest BCUT2D eigenvalue weighted by molar-refractivity contribution is -0.135. The lowest BCUT2D eigenvalue weighted by atomic mass is 10.1. The van der Waals surface area contributed by atoms with Gasteiger partial charge >= 0.3 is 12.3 Å². The van der Waals surface area contributed by atoms with Gasteiger partial charge < -0.3 is 20.7 Å². The number of alkyl halides is 3. The first-order chi connectivity index (χ1) is 20.8. The number of nitrogens with zero attached hydrogens (tertiary/aromatic N) is 1. The molecule has 0 unspecified atom stereocenters. The Morgan fingerprint density at radius 3 is 2.36 bits per heavy atom. The van der Waals surface area contributed by atoms with Gasteiger partial charge in [0.15, 0.2) is 9.84 Å². The molecule has 0 saturated heterocycles. The van der Waals surface area contributed by atoms with Crippen LogP contribution < -0.4 is 11.1 Å². The lowest BCUT2D eigenvalue weighted by Crippen LogP contribution is -2.52. The van der Waals surface area contributed by atoms with Gasteiger partial charge in [0.25, 0.3) is 0 Å². The van der Waals surface area contributed by atoms with E-state index >= 15 is 0 Å². The number of hydrogen-bond acceptors (Lipinski definition) is 6. The number of alkyl carbamates (subject to hydrolysis) is 1. The molecule has 0 radical (unpaired) electrons. The summed E-state index contributed by atoms with van der Waals surface area (Å²) in [5, 5.41) is 2.30. The quantitative estimate of drug-likeness (QED) is 0.165. The number of carbonyl (C=O) groups is 2. The van der Waals surface area contributed by atoms with Crippen LogP contribution in [0.5, 0.6) is 0 Å². The summed E-state index contributed by atoms with van der Waals surface area (Å²) in [5.41, 5.74) is 7.92. The van der Waals surface area contributed by atoms with Gasteiger partial charge in [0.1, 0.15) is 12.6 Å². The first kappa shape index (κ1) is 42.6. The molecule has 1 aromatic carbocycles. The Morgan fingerprint density at radius 2 is 1.80 bits per heavy atom. The summed E-state index contributed by atoms with van der Waals surface area (Å²) in [6.07, 6.45) is 8.51. The minimum atomic E-state index is -4.51. The highest BCUT2D eigenvalue weighted by atomic mass is 32.2. The Hall–Kier alpha value is -3.56. The third kappa shape index (κ3) is 20.4. The molecule has 2 amide bonds.